The second-order valence-corrected chi connectivity index (χ2v) is 8.10. The monoisotopic (exact) mass is 514 g/mol. The summed E-state index contributed by atoms with van der Waals surface area (Å²) in [5.74, 6) is -5.96. The minimum Gasteiger partial charge on any atom is -0.473 e. The first-order valence-corrected chi connectivity index (χ1v) is 11.2. The molecule has 4 rings (SSSR count). The van der Waals surface area contributed by atoms with Crippen molar-refractivity contribution < 1.29 is 33.4 Å². The number of rotatable bonds is 7. The van der Waals surface area contributed by atoms with Crippen molar-refractivity contribution in [2.24, 2.45) is 0 Å². The number of hydrogen-bond acceptors (Lipinski definition) is 6. The molecule has 0 aliphatic heterocycles. The van der Waals surface area contributed by atoms with Gasteiger partial charge in [-0.1, -0.05) is 24.3 Å². The zero-order chi connectivity index (χ0) is 26.1. The lowest BCUT2D eigenvalue weighted by atomic mass is 10.2. The van der Waals surface area contributed by atoms with Crippen molar-refractivity contribution in [2.45, 2.75) is 6.54 Å². The van der Waals surface area contributed by atoms with Gasteiger partial charge in [-0.2, -0.15) is 5.10 Å². The van der Waals surface area contributed by atoms with Gasteiger partial charge < -0.3 is 20.8 Å². The Labute approximate surface area is 207 Å². The molecule has 12 heteroatoms. The van der Waals surface area contributed by atoms with Crippen LogP contribution in [0.2, 0.25) is 0 Å². The van der Waals surface area contributed by atoms with Crippen LogP contribution in [0.4, 0.5) is 14.5 Å². The fraction of sp³-hybridized carbons (Fsp3) is 0.0833. The quantitative estimate of drug-likeness (QED) is 0.276. The standard InChI is InChI=1S/C22H18F2N4OS.C2H2O4/c23-18-9-8-16(11-19(18)24)26-21(29)13-25-12-15-14-28(17-5-2-1-3-6-17)27-22(15)20-7-4-10-30-20;3-1(4)2(5)6/h1-11,14,25H,12-13H2,(H,26,29);(H,3,4)(H,5,6). The Morgan fingerprint density at radius 2 is 1.67 bits per heavy atom. The Morgan fingerprint density at radius 3 is 2.28 bits per heavy atom. The average molecular weight is 515 g/mol. The Kier molecular flexibility index (Phi) is 8.97. The largest absolute Gasteiger partial charge is 0.473 e. The number of para-hydroxylation sites is 1. The van der Waals surface area contributed by atoms with Gasteiger partial charge in [-0.25, -0.2) is 23.1 Å². The summed E-state index contributed by atoms with van der Waals surface area (Å²) < 4.78 is 28.1. The summed E-state index contributed by atoms with van der Waals surface area (Å²) in [6, 6.07) is 17.0. The predicted octanol–water partition coefficient (Wildman–Crippen LogP) is 3.76. The van der Waals surface area contributed by atoms with Crippen LogP contribution >= 0.6 is 11.3 Å². The summed E-state index contributed by atoms with van der Waals surface area (Å²) >= 11 is 1.59. The highest BCUT2D eigenvalue weighted by Gasteiger charge is 2.14. The summed E-state index contributed by atoms with van der Waals surface area (Å²) in [6.07, 6.45) is 1.94. The summed E-state index contributed by atoms with van der Waals surface area (Å²) in [4.78, 5) is 31.4. The van der Waals surface area contributed by atoms with E-state index in [4.69, 9.17) is 24.9 Å². The van der Waals surface area contributed by atoms with E-state index in [9.17, 15) is 13.6 Å². The van der Waals surface area contributed by atoms with E-state index in [1.54, 1.807) is 11.3 Å². The normalized spacial score (nSPS) is 10.3. The van der Waals surface area contributed by atoms with Gasteiger partial charge in [0.25, 0.3) is 0 Å². The molecule has 0 radical (unpaired) electrons. The molecule has 0 unspecified atom stereocenters. The molecule has 36 heavy (non-hydrogen) atoms. The number of carboxylic acids is 2. The summed E-state index contributed by atoms with van der Waals surface area (Å²) in [7, 11) is 0. The molecular weight excluding hydrogens is 494 g/mol. The lowest BCUT2D eigenvalue weighted by Gasteiger charge is -2.07. The molecule has 0 saturated heterocycles. The second-order valence-electron chi connectivity index (χ2n) is 7.15. The third-order valence-corrected chi connectivity index (χ3v) is 5.43. The molecule has 4 aromatic rings. The van der Waals surface area contributed by atoms with Crippen LogP contribution in [0.5, 0.6) is 0 Å². The highest BCUT2D eigenvalue weighted by Crippen LogP contribution is 2.27. The molecule has 186 valence electrons. The maximum absolute atomic E-state index is 13.3. The zero-order valence-corrected chi connectivity index (χ0v) is 19.3. The zero-order valence-electron chi connectivity index (χ0n) is 18.5. The Hall–Kier alpha value is -4.42. The molecular formula is C24H20F2N4O5S. The number of anilines is 1. The van der Waals surface area contributed by atoms with Gasteiger partial charge in [-0.05, 0) is 35.7 Å². The predicted molar refractivity (Wildman–Crippen MR) is 129 cm³/mol. The first kappa shape index (κ1) is 26.2. The van der Waals surface area contributed by atoms with E-state index < -0.39 is 23.6 Å². The molecule has 0 spiro atoms. The molecule has 0 fully saturated rings. The fourth-order valence-electron chi connectivity index (χ4n) is 2.96. The highest BCUT2D eigenvalue weighted by molar-refractivity contribution is 7.13. The number of nitrogens with zero attached hydrogens (tertiary/aromatic N) is 2. The van der Waals surface area contributed by atoms with Crippen LogP contribution in [0.25, 0.3) is 16.3 Å². The first-order valence-electron chi connectivity index (χ1n) is 10.3. The summed E-state index contributed by atoms with van der Waals surface area (Å²) in [5.41, 5.74) is 2.94. The van der Waals surface area contributed by atoms with E-state index in [1.165, 1.54) is 6.07 Å². The average Bonchev–Trinajstić information content (AvgIpc) is 3.52. The van der Waals surface area contributed by atoms with E-state index in [0.29, 0.717) is 6.54 Å². The second kappa shape index (κ2) is 12.3. The van der Waals surface area contributed by atoms with E-state index in [1.807, 2.05) is 58.7 Å². The van der Waals surface area contributed by atoms with Gasteiger partial charge in [0.15, 0.2) is 11.6 Å². The van der Waals surface area contributed by atoms with E-state index >= 15 is 0 Å². The number of carbonyl (C=O) groups excluding carboxylic acids is 1. The highest BCUT2D eigenvalue weighted by atomic mass is 32.1. The number of aromatic nitrogens is 2. The minimum atomic E-state index is -1.82. The van der Waals surface area contributed by atoms with Crippen LogP contribution in [-0.2, 0) is 20.9 Å². The number of carboxylic acid groups (broad SMARTS) is 2. The number of hydrogen-bond donors (Lipinski definition) is 4. The van der Waals surface area contributed by atoms with Crippen LogP contribution in [0.3, 0.4) is 0 Å². The number of halogens is 2. The van der Waals surface area contributed by atoms with Crippen LogP contribution in [0, 0.1) is 11.6 Å². The number of thiophene rings is 1. The third-order valence-electron chi connectivity index (χ3n) is 4.55. The van der Waals surface area contributed by atoms with Gasteiger partial charge in [-0.3, -0.25) is 4.79 Å². The smallest absolute Gasteiger partial charge is 0.414 e. The van der Waals surface area contributed by atoms with Gasteiger partial charge in [-0.15, -0.1) is 11.3 Å². The number of carbonyl (C=O) groups is 3. The van der Waals surface area contributed by atoms with Crippen molar-refractivity contribution in [3.8, 4) is 16.3 Å². The van der Waals surface area contributed by atoms with E-state index in [0.717, 1.165) is 34.0 Å². The van der Waals surface area contributed by atoms with Gasteiger partial charge in [0.05, 0.1) is 17.1 Å². The third kappa shape index (κ3) is 7.29. The Morgan fingerprint density at radius 1 is 0.944 bits per heavy atom. The van der Waals surface area contributed by atoms with Crippen molar-refractivity contribution in [1.29, 1.82) is 0 Å². The van der Waals surface area contributed by atoms with E-state index in [-0.39, 0.29) is 18.1 Å². The van der Waals surface area contributed by atoms with Crippen LogP contribution in [-0.4, -0.2) is 44.4 Å². The van der Waals surface area contributed by atoms with Crippen molar-refractivity contribution in [3.63, 3.8) is 0 Å². The van der Waals surface area contributed by atoms with Crippen molar-refractivity contribution in [3.05, 3.63) is 89.4 Å². The fourth-order valence-corrected chi connectivity index (χ4v) is 3.71. The number of benzene rings is 2. The molecule has 2 aromatic heterocycles. The molecule has 0 bridgehead atoms. The lowest BCUT2D eigenvalue weighted by molar-refractivity contribution is -0.159. The van der Waals surface area contributed by atoms with Crippen molar-refractivity contribution in [2.75, 3.05) is 11.9 Å². The van der Waals surface area contributed by atoms with Gasteiger partial charge in [0.2, 0.25) is 5.91 Å². The molecule has 0 atom stereocenters. The summed E-state index contributed by atoms with van der Waals surface area (Å²) in [6.45, 7) is 0.435. The molecule has 0 aliphatic rings. The van der Waals surface area contributed by atoms with Gasteiger partial charge in [0.1, 0.15) is 5.69 Å². The van der Waals surface area contributed by atoms with Crippen LogP contribution < -0.4 is 10.6 Å². The van der Waals surface area contributed by atoms with Crippen molar-refractivity contribution >= 4 is 34.9 Å². The Balaban J connectivity index is 0.000000538. The van der Waals surface area contributed by atoms with Crippen molar-refractivity contribution in [1.82, 2.24) is 15.1 Å². The SMILES string of the molecule is O=C(CNCc1cn(-c2ccccc2)nc1-c1cccs1)Nc1ccc(F)c(F)c1.O=C(O)C(=O)O. The number of aliphatic carboxylic acids is 2. The lowest BCUT2D eigenvalue weighted by Crippen LogP contribution is -2.27. The molecule has 2 heterocycles. The molecule has 4 N–H and O–H groups in total. The first-order chi connectivity index (χ1) is 17.2. The van der Waals surface area contributed by atoms with E-state index in [2.05, 4.69) is 10.6 Å². The topological polar surface area (TPSA) is 134 Å². The number of amides is 1. The maximum atomic E-state index is 13.3. The maximum Gasteiger partial charge on any atom is 0.414 e. The molecule has 2 aromatic carbocycles. The molecule has 0 saturated carbocycles. The minimum absolute atomic E-state index is 0.0133. The Bertz CT molecular complexity index is 1330. The summed E-state index contributed by atoms with van der Waals surface area (Å²) in [5, 5.41) is 27.1. The molecule has 1 amide bonds. The van der Waals surface area contributed by atoms with Gasteiger partial charge >= 0.3 is 11.9 Å². The number of nitrogens with one attached hydrogen (secondary N) is 2. The molecule has 0 aliphatic carbocycles. The van der Waals surface area contributed by atoms with Crippen LogP contribution in [0.15, 0.2) is 72.2 Å². The van der Waals surface area contributed by atoms with Gasteiger partial charge in [0, 0.05) is 30.1 Å². The molecule has 9 nitrogen and oxygen atoms in total. The van der Waals surface area contributed by atoms with Crippen LogP contribution in [0.1, 0.15) is 5.56 Å².